The highest BCUT2D eigenvalue weighted by molar-refractivity contribution is 5.31. The number of hydrogen-bond donors (Lipinski definition) is 1. The van der Waals surface area contributed by atoms with Gasteiger partial charge in [0, 0.05) is 13.2 Å². The first kappa shape index (κ1) is 15.5. The maximum absolute atomic E-state index is 6.02. The first-order chi connectivity index (χ1) is 9.80. The summed E-state index contributed by atoms with van der Waals surface area (Å²) in [5.74, 6) is 0. The minimum atomic E-state index is 0.188. The lowest BCUT2D eigenvalue weighted by Gasteiger charge is -2.32. The lowest BCUT2D eigenvalue weighted by atomic mass is 9.91. The van der Waals surface area contributed by atoms with Crippen LogP contribution < -0.4 is 5.32 Å². The lowest BCUT2D eigenvalue weighted by Crippen LogP contribution is -2.42. The second kappa shape index (κ2) is 7.77. The van der Waals surface area contributed by atoms with Crippen molar-refractivity contribution in [2.75, 3.05) is 20.3 Å². The third-order valence-electron chi connectivity index (χ3n) is 4.18. The van der Waals surface area contributed by atoms with Crippen molar-refractivity contribution >= 4 is 0 Å². The van der Waals surface area contributed by atoms with Gasteiger partial charge in [0.05, 0.1) is 18.8 Å². The van der Waals surface area contributed by atoms with Crippen molar-refractivity contribution in [3.8, 4) is 0 Å². The zero-order valence-electron chi connectivity index (χ0n) is 12.9. The molecule has 3 atom stereocenters. The zero-order valence-corrected chi connectivity index (χ0v) is 12.9. The van der Waals surface area contributed by atoms with Gasteiger partial charge in [-0.15, -0.1) is 0 Å². The molecule has 1 aliphatic rings. The number of rotatable bonds is 7. The first-order valence-corrected chi connectivity index (χ1v) is 7.75. The number of likely N-dealkylation sites (N-methyl/N-ethyl adjacent to an activating group) is 1. The Morgan fingerprint density at radius 2 is 2.15 bits per heavy atom. The van der Waals surface area contributed by atoms with Crippen molar-refractivity contribution in [3.05, 3.63) is 35.4 Å². The van der Waals surface area contributed by atoms with E-state index in [2.05, 4.69) is 43.4 Å². The Kier molecular flexibility index (Phi) is 6.02. The lowest BCUT2D eigenvalue weighted by molar-refractivity contribution is 0.00114. The van der Waals surface area contributed by atoms with Crippen LogP contribution >= 0.6 is 0 Å². The van der Waals surface area contributed by atoms with Crippen LogP contribution in [0.4, 0.5) is 0 Å². The van der Waals surface area contributed by atoms with Crippen LogP contribution in [0.25, 0.3) is 0 Å². The van der Waals surface area contributed by atoms with Crippen molar-refractivity contribution in [2.24, 2.45) is 0 Å². The fourth-order valence-corrected chi connectivity index (χ4v) is 3.15. The number of fused-ring (bicyclic) bond motifs is 1. The van der Waals surface area contributed by atoms with E-state index >= 15 is 0 Å². The van der Waals surface area contributed by atoms with E-state index in [1.54, 1.807) is 7.11 Å². The van der Waals surface area contributed by atoms with Crippen LogP contribution in [0.3, 0.4) is 0 Å². The van der Waals surface area contributed by atoms with Crippen molar-refractivity contribution in [1.29, 1.82) is 0 Å². The summed E-state index contributed by atoms with van der Waals surface area (Å²) in [5, 5.41) is 3.56. The molecule has 1 aromatic rings. The highest BCUT2D eigenvalue weighted by Crippen LogP contribution is 2.31. The van der Waals surface area contributed by atoms with Gasteiger partial charge in [-0.25, -0.2) is 0 Å². The molecule has 3 heteroatoms. The maximum Gasteiger partial charge on any atom is 0.0843 e. The van der Waals surface area contributed by atoms with Gasteiger partial charge in [0.1, 0.15) is 0 Å². The molecule has 2 rings (SSSR count). The van der Waals surface area contributed by atoms with Crippen LogP contribution in [0.2, 0.25) is 0 Å². The molecule has 1 aliphatic heterocycles. The van der Waals surface area contributed by atoms with E-state index in [0.29, 0.717) is 6.04 Å². The molecule has 0 amide bonds. The molecule has 3 nitrogen and oxygen atoms in total. The highest BCUT2D eigenvalue weighted by Gasteiger charge is 2.27. The smallest absolute Gasteiger partial charge is 0.0843 e. The third kappa shape index (κ3) is 3.60. The van der Waals surface area contributed by atoms with E-state index in [4.69, 9.17) is 9.47 Å². The predicted molar refractivity (Wildman–Crippen MR) is 82.0 cm³/mol. The van der Waals surface area contributed by atoms with Gasteiger partial charge >= 0.3 is 0 Å². The highest BCUT2D eigenvalue weighted by atomic mass is 16.5. The Bertz CT molecular complexity index is 404. The van der Waals surface area contributed by atoms with Crippen molar-refractivity contribution in [3.63, 3.8) is 0 Å². The van der Waals surface area contributed by atoms with Gasteiger partial charge in [0.2, 0.25) is 0 Å². The molecule has 112 valence electrons. The summed E-state index contributed by atoms with van der Waals surface area (Å²) in [4.78, 5) is 0. The molecule has 0 spiro atoms. The summed E-state index contributed by atoms with van der Waals surface area (Å²) < 4.78 is 11.7. The molecule has 1 heterocycles. The molecule has 0 bridgehead atoms. The first-order valence-electron chi connectivity index (χ1n) is 7.75. The quantitative estimate of drug-likeness (QED) is 0.831. The average molecular weight is 277 g/mol. The molecule has 20 heavy (non-hydrogen) atoms. The molecule has 3 unspecified atom stereocenters. The van der Waals surface area contributed by atoms with E-state index in [-0.39, 0.29) is 12.2 Å². The molecular weight excluding hydrogens is 250 g/mol. The van der Waals surface area contributed by atoms with Crippen LogP contribution in [-0.2, 0) is 15.9 Å². The van der Waals surface area contributed by atoms with Gasteiger partial charge in [0.25, 0.3) is 0 Å². The van der Waals surface area contributed by atoms with E-state index in [1.165, 1.54) is 11.1 Å². The Morgan fingerprint density at radius 3 is 2.85 bits per heavy atom. The Morgan fingerprint density at radius 1 is 1.35 bits per heavy atom. The fourth-order valence-electron chi connectivity index (χ4n) is 3.15. The number of benzene rings is 1. The molecule has 0 aliphatic carbocycles. The number of methoxy groups -OCH3 is 1. The molecule has 0 radical (unpaired) electrons. The molecule has 1 N–H and O–H groups in total. The summed E-state index contributed by atoms with van der Waals surface area (Å²) in [6, 6.07) is 8.99. The number of nitrogens with one attached hydrogen (secondary N) is 1. The fraction of sp³-hybridized carbons (Fsp3) is 0.647. The minimum Gasteiger partial charge on any atom is -0.380 e. The molecule has 0 fully saturated rings. The van der Waals surface area contributed by atoms with Crippen molar-refractivity contribution in [1.82, 2.24) is 5.32 Å². The van der Waals surface area contributed by atoms with E-state index in [1.807, 2.05) is 0 Å². The van der Waals surface area contributed by atoms with E-state index in [9.17, 15) is 0 Å². The van der Waals surface area contributed by atoms with Crippen LogP contribution in [0.5, 0.6) is 0 Å². The molecule has 0 saturated heterocycles. The molecular formula is C17H27NO2. The van der Waals surface area contributed by atoms with E-state index in [0.717, 1.165) is 32.4 Å². The second-order valence-electron chi connectivity index (χ2n) is 5.39. The van der Waals surface area contributed by atoms with Crippen molar-refractivity contribution in [2.45, 2.75) is 51.4 Å². The van der Waals surface area contributed by atoms with Crippen molar-refractivity contribution < 1.29 is 9.47 Å². The molecule has 1 aromatic carbocycles. The minimum absolute atomic E-state index is 0.188. The van der Waals surface area contributed by atoms with Gasteiger partial charge in [-0.1, -0.05) is 38.1 Å². The summed E-state index contributed by atoms with van der Waals surface area (Å²) in [7, 11) is 1.80. The predicted octanol–water partition coefficient (Wildman–Crippen LogP) is 3.09. The van der Waals surface area contributed by atoms with Gasteiger partial charge in [-0.05, 0) is 36.9 Å². The topological polar surface area (TPSA) is 30.5 Å². The van der Waals surface area contributed by atoms with Crippen LogP contribution in [0.1, 0.15) is 43.9 Å². The monoisotopic (exact) mass is 277 g/mol. The third-order valence-corrected chi connectivity index (χ3v) is 4.18. The standard InChI is InChI=1S/C17H27NO2/c1-4-16(19-3)15(18-5-2)12-17-14-9-7-6-8-13(14)10-11-20-17/h6-9,15-18H,4-5,10-12H2,1-3H3. The largest absolute Gasteiger partial charge is 0.380 e. The van der Waals surface area contributed by atoms with Gasteiger partial charge in [-0.2, -0.15) is 0 Å². The Balaban J connectivity index is 2.11. The summed E-state index contributed by atoms with van der Waals surface area (Å²) in [6.45, 7) is 6.10. The Hall–Kier alpha value is -0.900. The summed E-state index contributed by atoms with van der Waals surface area (Å²) >= 11 is 0. The van der Waals surface area contributed by atoms with Gasteiger partial charge in [0.15, 0.2) is 0 Å². The van der Waals surface area contributed by atoms with Crippen LogP contribution in [0, 0.1) is 0 Å². The molecule has 0 saturated carbocycles. The van der Waals surface area contributed by atoms with Crippen LogP contribution in [0.15, 0.2) is 24.3 Å². The Labute approximate surface area is 122 Å². The maximum atomic E-state index is 6.02. The summed E-state index contributed by atoms with van der Waals surface area (Å²) in [5.41, 5.74) is 2.79. The number of hydrogen-bond acceptors (Lipinski definition) is 3. The zero-order chi connectivity index (χ0) is 14.4. The normalized spacial score (nSPS) is 21.2. The van der Waals surface area contributed by atoms with Crippen LogP contribution in [-0.4, -0.2) is 32.4 Å². The summed E-state index contributed by atoms with van der Waals surface area (Å²) in [6.07, 6.45) is 3.44. The SMILES string of the molecule is CCNC(CC1OCCc2ccccc21)C(CC)OC. The molecule has 0 aromatic heterocycles. The van der Waals surface area contributed by atoms with Gasteiger partial charge in [-0.3, -0.25) is 0 Å². The van der Waals surface area contributed by atoms with Gasteiger partial charge < -0.3 is 14.8 Å². The second-order valence-corrected chi connectivity index (χ2v) is 5.39. The average Bonchev–Trinajstić information content (AvgIpc) is 2.49. The number of ether oxygens (including phenoxy) is 2. The van der Waals surface area contributed by atoms with E-state index < -0.39 is 0 Å².